The summed E-state index contributed by atoms with van der Waals surface area (Å²) in [6, 6.07) is 4.64. The third-order valence-corrected chi connectivity index (χ3v) is 5.67. The summed E-state index contributed by atoms with van der Waals surface area (Å²) in [7, 11) is 1.57. The van der Waals surface area contributed by atoms with Gasteiger partial charge in [-0.15, -0.1) is 0 Å². The van der Waals surface area contributed by atoms with Gasteiger partial charge in [0.15, 0.2) is 11.5 Å². The number of methoxy groups -OCH3 is 1. The number of carbonyl (C=O) groups is 1. The number of nitrogens with zero attached hydrogens (tertiary/aromatic N) is 1. The Balaban J connectivity index is 1.44. The van der Waals surface area contributed by atoms with Crippen molar-refractivity contribution in [3.63, 3.8) is 0 Å². The minimum Gasteiger partial charge on any atom is -0.493 e. The molecule has 1 N–H and O–H groups in total. The number of nitrogens with one attached hydrogen (secondary N) is 1. The molecule has 26 heavy (non-hydrogen) atoms. The molecule has 6 heteroatoms. The maximum atomic E-state index is 12.7. The number of rotatable bonds is 5. The van der Waals surface area contributed by atoms with E-state index in [0.717, 1.165) is 19.0 Å². The summed E-state index contributed by atoms with van der Waals surface area (Å²) in [5, 5.41) is 3.10. The molecule has 1 saturated carbocycles. The molecule has 0 spiro atoms. The van der Waals surface area contributed by atoms with Crippen molar-refractivity contribution >= 4 is 5.91 Å². The Hall–Kier alpha value is -1.95. The van der Waals surface area contributed by atoms with Crippen molar-refractivity contribution in [1.29, 1.82) is 0 Å². The predicted molar refractivity (Wildman–Crippen MR) is 98.0 cm³/mol. The third kappa shape index (κ3) is 3.22. The van der Waals surface area contributed by atoms with E-state index in [9.17, 15) is 4.79 Å². The highest BCUT2D eigenvalue weighted by Gasteiger charge is 2.36. The molecule has 2 fully saturated rings. The van der Waals surface area contributed by atoms with Crippen molar-refractivity contribution < 1.29 is 19.0 Å². The Morgan fingerprint density at radius 2 is 2.08 bits per heavy atom. The predicted octanol–water partition coefficient (Wildman–Crippen LogP) is 2.95. The first-order valence-electron chi connectivity index (χ1n) is 9.61. The molecular formula is C20H28N2O4. The molecule has 0 bridgehead atoms. The van der Waals surface area contributed by atoms with Gasteiger partial charge < -0.3 is 19.5 Å². The summed E-state index contributed by atoms with van der Waals surface area (Å²) in [5.74, 6) is 0.783. The summed E-state index contributed by atoms with van der Waals surface area (Å²) in [6.07, 6.45) is 6.34. The van der Waals surface area contributed by atoms with E-state index in [4.69, 9.17) is 14.2 Å². The van der Waals surface area contributed by atoms with Gasteiger partial charge in [-0.2, -0.15) is 0 Å². The van der Waals surface area contributed by atoms with E-state index in [1.165, 1.54) is 25.7 Å². The van der Waals surface area contributed by atoms with Gasteiger partial charge >= 0.3 is 0 Å². The number of benzene rings is 1. The van der Waals surface area contributed by atoms with Crippen molar-refractivity contribution in [2.75, 3.05) is 20.2 Å². The lowest BCUT2D eigenvalue weighted by molar-refractivity contribution is -0.0439. The van der Waals surface area contributed by atoms with E-state index in [1.807, 2.05) is 13.8 Å². The van der Waals surface area contributed by atoms with Crippen molar-refractivity contribution in [3.05, 3.63) is 17.7 Å². The number of ether oxygens (including phenoxy) is 3. The summed E-state index contributed by atoms with van der Waals surface area (Å²) < 4.78 is 16.9. The molecule has 3 aliphatic rings. The van der Waals surface area contributed by atoms with Gasteiger partial charge in [0, 0.05) is 38.0 Å². The summed E-state index contributed by atoms with van der Waals surface area (Å²) >= 11 is 0. The van der Waals surface area contributed by atoms with E-state index in [2.05, 4.69) is 10.2 Å². The second-order valence-electron chi connectivity index (χ2n) is 7.94. The zero-order valence-electron chi connectivity index (χ0n) is 15.8. The van der Waals surface area contributed by atoms with Crippen LogP contribution in [0.1, 0.15) is 56.3 Å². The second-order valence-corrected chi connectivity index (χ2v) is 7.94. The fraction of sp³-hybridized carbons (Fsp3) is 0.650. The van der Waals surface area contributed by atoms with E-state index >= 15 is 0 Å². The normalized spacial score (nSPS) is 24.3. The third-order valence-electron chi connectivity index (χ3n) is 5.67. The molecule has 0 radical (unpaired) electrons. The molecule has 1 aromatic rings. The first-order valence-corrected chi connectivity index (χ1v) is 9.61. The van der Waals surface area contributed by atoms with Crippen molar-refractivity contribution in [3.8, 4) is 17.2 Å². The maximum Gasteiger partial charge on any atom is 0.251 e. The Labute approximate surface area is 154 Å². The standard InChI is InChI=1S/C20H28N2O4/c1-20(2)25-17-11-13(10-16(24-3)18(17)26-20)19(23)21-12-15-8-5-9-22(15)14-6-4-7-14/h10-11,14-15H,4-9,12H2,1-3H3,(H,21,23)/t15-/m0/s1. The van der Waals surface area contributed by atoms with Gasteiger partial charge in [-0.05, 0) is 44.4 Å². The zero-order chi connectivity index (χ0) is 18.3. The molecule has 1 aromatic carbocycles. The number of hydrogen-bond donors (Lipinski definition) is 1. The number of hydrogen-bond acceptors (Lipinski definition) is 5. The van der Waals surface area contributed by atoms with Crippen LogP contribution in [-0.2, 0) is 0 Å². The first kappa shape index (κ1) is 17.5. The quantitative estimate of drug-likeness (QED) is 0.875. The van der Waals surface area contributed by atoms with Gasteiger partial charge in [0.2, 0.25) is 11.5 Å². The van der Waals surface area contributed by atoms with Crippen molar-refractivity contribution in [2.24, 2.45) is 0 Å². The highest BCUT2D eigenvalue weighted by atomic mass is 16.7. The van der Waals surface area contributed by atoms with E-state index < -0.39 is 5.79 Å². The van der Waals surface area contributed by atoms with Gasteiger partial charge in [0.05, 0.1) is 7.11 Å². The number of likely N-dealkylation sites (tertiary alicyclic amines) is 1. The largest absolute Gasteiger partial charge is 0.493 e. The molecule has 0 aromatic heterocycles. The lowest BCUT2D eigenvalue weighted by atomic mass is 9.91. The van der Waals surface area contributed by atoms with Gasteiger partial charge in [-0.1, -0.05) is 6.42 Å². The lowest BCUT2D eigenvalue weighted by Gasteiger charge is -2.38. The average molecular weight is 360 g/mol. The fourth-order valence-electron chi connectivity index (χ4n) is 4.16. The van der Waals surface area contributed by atoms with Crippen LogP contribution in [0.25, 0.3) is 0 Å². The molecule has 1 saturated heterocycles. The lowest BCUT2D eigenvalue weighted by Crippen LogP contribution is -2.47. The van der Waals surface area contributed by atoms with Crippen LogP contribution >= 0.6 is 0 Å². The van der Waals surface area contributed by atoms with Crippen molar-refractivity contribution in [1.82, 2.24) is 10.2 Å². The van der Waals surface area contributed by atoms with Crippen molar-refractivity contribution in [2.45, 2.75) is 63.8 Å². The molecule has 2 aliphatic heterocycles. The number of carbonyl (C=O) groups excluding carboxylic acids is 1. The van der Waals surface area contributed by atoms with E-state index in [1.54, 1.807) is 19.2 Å². The van der Waals surface area contributed by atoms with Crippen LogP contribution in [0.3, 0.4) is 0 Å². The van der Waals surface area contributed by atoms with Gasteiger partial charge in [-0.3, -0.25) is 9.69 Å². The molecule has 4 rings (SSSR count). The fourth-order valence-corrected chi connectivity index (χ4v) is 4.16. The number of fused-ring (bicyclic) bond motifs is 1. The Bertz CT molecular complexity index is 699. The van der Waals surface area contributed by atoms with Gasteiger partial charge in [-0.25, -0.2) is 0 Å². The topological polar surface area (TPSA) is 60.0 Å². The van der Waals surface area contributed by atoms with Gasteiger partial charge in [0.1, 0.15) is 0 Å². The molecule has 1 aliphatic carbocycles. The van der Waals surface area contributed by atoms with Crippen LogP contribution in [0.15, 0.2) is 12.1 Å². The van der Waals surface area contributed by atoms with Crippen LogP contribution in [0, 0.1) is 0 Å². The molecule has 6 nitrogen and oxygen atoms in total. The molecule has 2 heterocycles. The van der Waals surface area contributed by atoms with Crippen LogP contribution < -0.4 is 19.5 Å². The first-order chi connectivity index (χ1) is 12.5. The molecule has 0 unspecified atom stereocenters. The molecule has 1 atom stereocenters. The summed E-state index contributed by atoms with van der Waals surface area (Å²) in [5.41, 5.74) is 0.537. The summed E-state index contributed by atoms with van der Waals surface area (Å²) in [4.78, 5) is 15.3. The maximum absolute atomic E-state index is 12.7. The monoisotopic (exact) mass is 360 g/mol. The number of amides is 1. The van der Waals surface area contributed by atoms with Crippen LogP contribution in [0.5, 0.6) is 17.2 Å². The highest BCUT2D eigenvalue weighted by Crippen LogP contribution is 2.46. The van der Waals surface area contributed by atoms with E-state index in [0.29, 0.717) is 35.4 Å². The second kappa shape index (κ2) is 6.65. The Kier molecular flexibility index (Phi) is 4.47. The average Bonchev–Trinajstić information content (AvgIpc) is 3.12. The molecule has 1 amide bonds. The van der Waals surface area contributed by atoms with Crippen LogP contribution in [0.4, 0.5) is 0 Å². The van der Waals surface area contributed by atoms with Crippen LogP contribution in [-0.4, -0.2) is 48.9 Å². The Morgan fingerprint density at radius 3 is 2.77 bits per heavy atom. The van der Waals surface area contributed by atoms with E-state index in [-0.39, 0.29) is 5.91 Å². The minimum absolute atomic E-state index is 0.0973. The highest BCUT2D eigenvalue weighted by molar-refractivity contribution is 5.95. The van der Waals surface area contributed by atoms with Gasteiger partial charge in [0.25, 0.3) is 5.91 Å². The smallest absolute Gasteiger partial charge is 0.251 e. The minimum atomic E-state index is -0.752. The molecule has 142 valence electrons. The molecular weight excluding hydrogens is 332 g/mol. The Morgan fingerprint density at radius 1 is 1.27 bits per heavy atom. The SMILES string of the molecule is COc1cc(C(=O)NC[C@@H]2CCCN2C2CCC2)cc2c1OC(C)(C)O2. The summed E-state index contributed by atoms with van der Waals surface area (Å²) in [6.45, 7) is 5.53. The zero-order valence-corrected chi connectivity index (χ0v) is 15.8. The van der Waals surface area contributed by atoms with Crippen LogP contribution in [0.2, 0.25) is 0 Å².